The molecule has 0 saturated carbocycles. The first-order chi connectivity index (χ1) is 13.5. The van der Waals surface area contributed by atoms with E-state index in [0.29, 0.717) is 26.4 Å². The van der Waals surface area contributed by atoms with Crippen molar-refractivity contribution < 1.29 is 9.18 Å². The van der Waals surface area contributed by atoms with Crippen LogP contribution in [-0.4, -0.2) is 5.78 Å². The number of para-hydroxylation sites is 1. The normalized spacial score (nSPS) is 11.3. The second-order valence-corrected chi connectivity index (χ2v) is 7.69. The Bertz CT molecular complexity index is 971. The van der Waals surface area contributed by atoms with E-state index in [1.165, 1.54) is 42.1 Å². The summed E-state index contributed by atoms with van der Waals surface area (Å²) in [6.07, 6.45) is 1.50. The first-order valence-electron chi connectivity index (χ1n) is 8.42. The minimum atomic E-state index is -0.383. The topological polar surface area (TPSA) is 29.1 Å². The zero-order valence-corrected chi connectivity index (χ0v) is 17.0. The van der Waals surface area contributed by atoms with Gasteiger partial charge in [0.1, 0.15) is 5.82 Å². The summed E-state index contributed by atoms with van der Waals surface area (Å²) in [6.45, 7) is 0. The summed E-state index contributed by atoms with van der Waals surface area (Å²) in [4.78, 5) is 12.6. The third kappa shape index (κ3) is 5.61. The van der Waals surface area contributed by atoms with Crippen LogP contribution in [0.15, 0.2) is 83.9 Å². The molecule has 0 aliphatic carbocycles. The fraction of sp³-hybridized carbons (Fsp3) is 0.0455. The number of benzene rings is 3. The van der Waals surface area contributed by atoms with Crippen LogP contribution < -0.4 is 5.32 Å². The quantitative estimate of drug-likeness (QED) is 0.316. The van der Waals surface area contributed by atoms with Gasteiger partial charge in [-0.3, -0.25) is 4.79 Å². The number of hydrogen-bond donors (Lipinski definition) is 1. The van der Waals surface area contributed by atoms with Gasteiger partial charge < -0.3 is 5.32 Å². The smallest absolute Gasteiger partial charge is 0.188 e. The number of allylic oxidation sites excluding steroid dienone is 1. The van der Waals surface area contributed by atoms with Crippen molar-refractivity contribution in [2.75, 3.05) is 5.32 Å². The lowest BCUT2D eigenvalue weighted by atomic mass is 10.1. The van der Waals surface area contributed by atoms with E-state index in [1.54, 1.807) is 18.2 Å². The second kappa shape index (κ2) is 9.78. The first kappa shape index (κ1) is 20.5. The molecule has 0 amide bonds. The van der Waals surface area contributed by atoms with Gasteiger partial charge in [-0.1, -0.05) is 47.5 Å². The molecule has 0 fully saturated rings. The van der Waals surface area contributed by atoms with Gasteiger partial charge >= 0.3 is 0 Å². The van der Waals surface area contributed by atoms with Gasteiger partial charge in [-0.05, 0) is 54.1 Å². The van der Waals surface area contributed by atoms with E-state index in [4.69, 9.17) is 23.2 Å². The average molecular weight is 432 g/mol. The van der Waals surface area contributed by atoms with Crippen molar-refractivity contribution in [1.29, 1.82) is 0 Å². The van der Waals surface area contributed by atoms with E-state index in [1.807, 2.05) is 30.3 Å². The van der Waals surface area contributed by atoms with Gasteiger partial charge in [0, 0.05) is 33.1 Å². The highest BCUT2D eigenvalue weighted by atomic mass is 35.5. The molecule has 6 heteroatoms. The standard InChI is InChI=1S/C22H16Cl2FNOS/c23-19-7-4-8-20(24)18(19)14-28-22(26-17-5-2-1-3-6-17)13-21(27)15-9-11-16(25)12-10-15/h1-13,26H,14H2. The maximum absolute atomic E-state index is 13.1. The van der Waals surface area contributed by atoms with Crippen LogP contribution in [0.3, 0.4) is 0 Å². The monoisotopic (exact) mass is 431 g/mol. The van der Waals surface area contributed by atoms with Gasteiger partial charge in [-0.15, -0.1) is 11.8 Å². The zero-order valence-electron chi connectivity index (χ0n) is 14.7. The average Bonchev–Trinajstić information content (AvgIpc) is 2.68. The number of anilines is 1. The maximum atomic E-state index is 13.1. The predicted molar refractivity (Wildman–Crippen MR) is 117 cm³/mol. The van der Waals surface area contributed by atoms with Crippen LogP contribution in [-0.2, 0) is 5.75 Å². The summed E-state index contributed by atoms with van der Waals surface area (Å²) < 4.78 is 13.1. The molecule has 0 aromatic heterocycles. The van der Waals surface area contributed by atoms with Crippen LogP contribution in [0.25, 0.3) is 0 Å². The fourth-order valence-corrected chi connectivity index (χ4v) is 4.10. The number of halogens is 3. The molecule has 0 heterocycles. The lowest BCUT2D eigenvalue weighted by molar-refractivity contribution is 0.104. The zero-order chi connectivity index (χ0) is 19.9. The largest absolute Gasteiger partial charge is 0.350 e. The summed E-state index contributed by atoms with van der Waals surface area (Å²) >= 11 is 13.9. The Morgan fingerprint density at radius 1 is 0.929 bits per heavy atom. The number of nitrogens with one attached hydrogen (secondary N) is 1. The summed E-state index contributed by atoms with van der Waals surface area (Å²) in [5.74, 6) is -0.122. The number of rotatable bonds is 7. The molecule has 28 heavy (non-hydrogen) atoms. The second-order valence-electron chi connectivity index (χ2n) is 5.86. The van der Waals surface area contributed by atoms with Crippen molar-refractivity contribution in [1.82, 2.24) is 0 Å². The predicted octanol–water partition coefficient (Wildman–Crippen LogP) is 7.20. The lowest BCUT2D eigenvalue weighted by Crippen LogP contribution is -2.02. The molecule has 0 unspecified atom stereocenters. The van der Waals surface area contributed by atoms with Crippen LogP contribution >= 0.6 is 35.0 Å². The Morgan fingerprint density at radius 3 is 2.21 bits per heavy atom. The molecule has 0 aliphatic rings. The van der Waals surface area contributed by atoms with Crippen LogP contribution in [0.2, 0.25) is 10.0 Å². The molecular weight excluding hydrogens is 416 g/mol. The number of ketones is 1. The van der Waals surface area contributed by atoms with Crippen LogP contribution in [0.1, 0.15) is 15.9 Å². The number of thioether (sulfide) groups is 1. The number of hydrogen-bond acceptors (Lipinski definition) is 3. The highest BCUT2D eigenvalue weighted by Crippen LogP contribution is 2.31. The summed E-state index contributed by atoms with van der Waals surface area (Å²) in [6, 6.07) is 20.3. The summed E-state index contributed by atoms with van der Waals surface area (Å²) in [5, 5.41) is 5.03. The molecule has 0 spiro atoms. The molecule has 3 rings (SSSR count). The Morgan fingerprint density at radius 2 is 1.57 bits per heavy atom. The molecule has 0 radical (unpaired) electrons. The van der Waals surface area contributed by atoms with E-state index >= 15 is 0 Å². The highest BCUT2D eigenvalue weighted by molar-refractivity contribution is 8.02. The van der Waals surface area contributed by atoms with Crippen molar-refractivity contribution in [3.8, 4) is 0 Å². The van der Waals surface area contributed by atoms with Gasteiger partial charge in [-0.25, -0.2) is 4.39 Å². The van der Waals surface area contributed by atoms with Crippen molar-refractivity contribution in [2.45, 2.75) is 5.75 Å². The maximum Gasteiger partial charge on any atom is 0.188 e. The van der Waals surface area contributed by atoms with Crippen LogP contribution in [0, 0.1) is 5.82 Å². The van der Waals surface area contributed by atoms with Gasteiger partial charge in [0.25, 0.3) is 0 Å². The first-order valence-corrected chi connectivity index (χ1v) is 10.2. The van der Waals surface area contributed by atoms with E-state index in [-0.39, 0.29) is 11.6 Å². The van der Waals surface area contributed by atoms with E-state index in [2.05, 4.69) is 5.32 Å². The van der Waals surface area contributed by atoms with Crippen molar-refractivity contribution in [3.63, 3.8) is 0 Å². The minimum absolute atomic E-state index is 0.226. The SMILES string of the molecule is O=C(C=C(Nc1ccccc1)SCc1c(Cl)cccc1Cl)c1ccc(F)cc1. The lowest BCUT2D eigenvalue weighted by Gasteiger charge is -2.12. The molecule has 0 aliphatic heterocycles. The number of carbonyl (C=O) groups excluding carboxylic acids is 1. The Kier molecular flexibility index (Phi) is 7.15. The third-order valence-electron chi connectivity index (χ3n) is 3.87. The van der Waals surface area contributed by atoms with Crippen molar-refractivity contribution in [2.24, 2.45) is 0 Å². The molecule has 3 aromatic rings. The highest BCUT2D eigenvalue weighted by Gasteiger charge is 2.10. The fourth-order valence-electron chi connectivity index (χ4n) is 2.41. The molecule has 3 aromatic carbocycles. The molecule has 0 bridgehead atoms. The molecule has 0 saturated heterocycles. The molecular formula is C22H16Cl2FNOS. The van der Waals surface area contributed by atoms with E-state index in [9.17, 15) is 9.18 Å². The molecule has 0 atom stereocenters. The van der Waals surface area contributed by atoms with Crippen LogP contribution in [0.5, 0.6) is 0 Å². The van der Waals surface area contributed by atoms with Gasteiger partial charge in [-0.2, -0.15) is 0 Å². The Balaban J connectivity index is 1.84. The minimum Gasteiger partial charge on any atom is -0.350 e. The molecule has 2 nitrogen and oxygen atoms in total. The number of carbonyl (C=O) groups is 1. The van der Waals surface area contributed by atoms with Crippen LogP contribution in [0.4, 0.5) is 10.1 Å². The Labute approximate surface area is 177 Å². The third-order valence-corrected chi connectivity index (χ3v) is 5.54. The van der Waals surface area contributed by atoms with Gasteiger partial charge in [0.05, 0.1) is 5.03 Å². The molecule has 1 N–H and O–H groups in total. The van der Waals surface area contributed by atoms with Crippen molar-refractivity contribution >= 4 is 46.4 Å². The van der Waals surface area contributed by atoms with Gasteiger partial charge in [0.15, 0.2) is 5.78 Å². The van der Waals surface area contributed by atoms with Gasteiger partial charge in [0.2, 0.25) is 0 Å². The van der Waals surface area contributed by atoms with Crippen molar-refractivity contribution in [3.05, 3.63) is 111 Å². The van der Waals surface area contributed by atoms with E-state index < -0.39 is 0 Å². The summed E-state index contributed by atoms with van der Waals surface area (Å²) in [7, 11) is 0. The summed E-state index contributed by atoms with van der Waals surface area (Å²) in [5.41, 5.74) is 2.05. The van der Waals surface area contributed by atoms with E-state index in [0.717, 1.165) is 11.3 Å². The molecule has 142 valence electrons. The Hall–Kier alpha value is -2.27.